The Balaban J connectivity index is 2.52. The van der Waals surface area contributed by atoms with E-state index in [4.69, 9.17) is 19.9 Å². The molecule has 1 rings (SSSR count). The summed E-state index contributed by atoms with van der Waals surface area (Å²) in [7, 11) is 0. The van der Waals surface area contributed by atoms with Crippen LogP contribution in [0.4, 0.5) is 0 Å². The lowest BCUT2D eigenvalue weighted by Crippen LogP contribution is -2.56. The van der Waals surface area contributed by atoms with Crippen LogP contribution in [0.25, 0.3) is 0 Å². The molecule has 0 aromatic carbocycles. The summed E-state index contributed by atoms with van der Waals surface area (Å²) in [5.74, 6) is -1.69. The van der Waals surface area contributed by atoms with Crippen LogP contribution in [-0.4, -0.2) is 42.8 Å². The monoisotopic (exact) mass is 329 g/mol. The van der Waals surface area contributed by atoms with Crippen molar-refractivity contribution in [2.75, 3.05) is 13.2 Å². The molecule has 23 heavy (non-hydrogen) atoms. The predicted molar refractivity (Wildman–Crippen MR) is 82.3 cm³/mol. The van der Waals surface area contributed by atoms with Crippen molar-refractivity contribution < 1.29 is 28.6 Å². The van der Waals surface area contributed by atoms with Crippen LogP contribution in [0.1, 0.15) is 52.9 Å². The Kier molecular flexibility index (Phi) is 7.48. The van der Waals surface area contributed by atoms with Crippen LogP contribution < -0.4 is 5.73 Å². The van der Waals surface area contributed by atoms with Gasteiger partial charge in [-0.2, -0.15) is 0 Å². The summed E-state index contributed by atoms with van der Waals surface area (Å²) in [4.78, 5) is 34.8. The van der Waals surface area contributed by atoms with Gasteiger partial charge in [0.25, 0.3) is 0 Å². The summed E-state index contributed by atoms with van der Waals surface area (Å²) < 4.78 is 15.4. The molecule has 0 spiro atoms. The van der Waals surface area contributed by atoms with E-state index in [0.717, 1.165) is 19.3 Å². The van der Waals surface area contributed by atoms with Crippen LogP contribution in [0.3, 0.4) is 0 Å². The number of nitrogens with two attached hydrogens (primary N) is 1. The first-order valence-corrected chi connectivity index (χ1v) is 8.07. The lowest BCUT2D eigenvalue weighted by Gasteiger charge is -2.39. The van der Waals surface area contributed by atoms with Gasteiger partial charge in [-0.15, -0.1) is 0 Å². The first-order chi connectivity index (χ1) is 10.8. The first-order valence-electron chi connectivity index (χ1n) is 8.07. The molecule has 7 nitrogen and oxygen atoms in total. The van der Waals surface area contributed by atoms with E-state index < -0.39 is 23.6 Å². The molecule has 0 aromatic heterocycles. The minimum atomic E-state index is -1.03. The molecule has 0 aromatic rings. The highest BCUT2D eigenvalue weighted by atomic mass is 16.6. The molecular weight excluding hydrogens is 302 g/mol. The Morgan fingerprint density at radius 1 is 1.00 bits per heavy atom. The largest absolute Gasteiger partial charge is 0.462 e. The Morgan fingerprint density at radius 3 is 2.00 bits per heavy atom. The van der Waals surface area contributed by atoms with E-state index in [2.05, 4.69) is 0 Å². The second kappa shape index (κ2) is 8.86. The molecule has 1 atom stereocenters. The Labute approximate surface area is 136 Å². The molecule has 0 saturated heterocycles. The molecule has 0 radical (unpaired) electrons. The average Bonchev–Trinajstić information content (AvgIpc) is 2.50. The molecule has 1 unspecified atom stereocenters. The average molecular weight is 329 g/mol. The minimum absolute atomic E-state index is 0.0178. The van der Waals surface area contributed by atoms with Crippen LogP contribution in [-0.2, 0) is 28.6 Å². The SMILES string of the molecule is CC(=O)OC1(C(N)C(=O)OCCOC(=O)C(C)C)CCCCC1. The molecular formula is C16H27NO6. The molecule has 7 heteroatoms. The zero-order valence-electron chi connectivity index (χ0n) is 14.1. The van der Waals surface area contributed by atoms with Crippen LogP contribution in [0.5, 0.6) is 0 Å². The standard InChI is InChI=1S/C16H27NO6/c1-11(2)14(19)21-9-10-22-15(20)13(17)16(23-12(3)18)7-5-4-6-8-16/h11,13H,4-10,17H2,1-3H3. The number of carbonyl (C=O) groups excluding carboxylic acids is 3. The number of ether oxygens (including phenoxy) is 3. The van der Waals surface area contributed by atoms with Gasteiger partial charge in [0.1, 0.15) is 24.9 Å². The molecule has 0 heterocycles. The van der Waals surface area contributed by atoms with Gasteiger partial charge in [0.2, 0.25) is 0 Å². The van der Waals surface area contributed by atoms with Gasteiger partial charge in [-0.25, -0.2) is 0 Å². The first kappa shape index (κ1) is 19.4. The van der Waals surface area contributed by atoms with Gasteiger partial charge in [-0.1, -0.05) is 20.3 Å². The van der Waals surface area contributed by atoms with Crippen LogP contribution >= 0.6 is 0 Å². The third-order valence-electron chi connectivity index (χ3n) is 3.91. The summed E-state index contributed by atoms with van der Waals surface area (Å²) in [6.45, 7) is 4.66. The minimum Gasteiger partial charge on any atom is -0.462 e. The fourth-order valence-electron chi connectivity index (χ4n) is 2.67. The summed E-state index contributed by atoms with van der Waals surface area (Å²) >= 11 is 0. The fraction of sp³-hybridized carbons (Fsp3) is 0.812. The topological polar surface area (TPSA) is 105 Å². The highest BCUT2D eigenvalue weighted by Crippen LogP contribution is 2.34. The van der Waals surface area contributed by atoms with E-state index in [1.165, 1.54) is 6.92 Å². The zero-order chi connectivity index (χ0) is 17.5. The van der Waals surface area contributed by atoms with Crippen molar-refractivity contribution in [1.82, 2.24) is 0 Å². The third kappa shape index (κ3) is 5.82. The molecule has 0 amide bonds. The molecule has 0 bridgehead atoms. The smallest absolute Gasteiger partial charge is 0.327 e. The van der Waals surface area contributed by atoms with Crippen molar-refractivity contribution in [3.63, 3.8) is 0 Å². The van der Waals surface area contributed by atoms with Gasteiger partial charge in [0.15, 0.2) is 0 Å². The fourth-order valence-corrected chi connectivity index (χ4v) is 2.67. The number of rotatable bonds is 7. The van der Waals surface area contributed by atoms with Crippen molar-refractivity contribution in [2.24, 2.45) is 11.7 Å². The van der Waals surface area contributed by atoms with Gasteiger partial charge in [-0.3, -0.25) is 14.4 Å². The van der Waals surface area contributed by atoms with E-state index in [1.807, 2.05) is 0 Å². The van der Waals surface area contributed by atoms with Gasteiger partial charge in [0.05, 0.1) is 5.92 Å². The molecule has 0 aliphatic heterocycles. The molecule has 2 N–H and O–H groups in total. The van der Waals surface area contributed by atoms with Gasteiger partial charge in [0, 0.05) is 6.92 Å². The Morgan fingerprint density at radius 2 is 1.52 bits per heavy atom. The number of hydrogen-bond donors (Lipinski definition) is 1. The maximum Gasteiger partial charge on any atom is 0.327 e. The van der Waals surface area contributed by atoms with E-state index >= 15 is 0 Å². The molecule has 132 valence electrons. The van der Waals surface area contributed by atoms with Crippen molar-refractivity contribution in [1.29, 1.82) is 0 Å². The van der Waals surface area contributed by atoms with Crippen molar-refractivity contribution in [3.05, 3.63) is 0 Å². The lowest BCUT2D eigenvalue weighted by molar-refractivity contribution is -0.173. The van der Waals surface area contributed by atoms with Crippen molar-refractivity contribution in [2.45, 2.75) is 64.5 Å². The zero-order valence-corrected chi connectivity index (χ0v) is 14.1. The number of hydrogen-bond acceptors (Lipinski definition) is 7. The molecule has 1 saturated carbocycles. The number of carbonyl (C=O) groups is 3. The van der Waals surface area contributed by atoms with Crippen molar-refractivity contribution in [3.8, 4) is 0 Å². The number of esters is 3. The van der Waals surface area contributed by atoms with Crippen LogP contribution in [0.2, 0.25) is 0 Å². The van der Waals surface area contributed by atoms with Crippen LogP contribution in [0.15, 0.2) is 0 Å². The highest BCUT2D eigenvalue weighted by molar-refractivity contribution is 5.78. The van der Waals surface area contributed by atoms with E-state index in [0.29, 0.717) is 12.8 Å². The normalized spacial score (nSPS) is 18.1. The molecule has 1 aliphatic carbocycles. The second-order valence-corrected chi connectivity index (χ2v) is 6.19. The Bertz CT molecular complexity index is 428. The van der Waals surface area contributed by atoms with Crippen molar-refractivity contribution >= 4 is 17.9 Å². The van der Waals surface area contributed by atoms with Gasteiger partial charge in [-0.05, 0) is 25.7 Å². The highest BCUT2D eigenvalue weighted by Gasteiger charge is 2.45. The van der Waals surface area contributed by atoms with E-state index in [1.54, 1.807) is 13.8 Å². The van der Waals surface area contributed by atoms with Crippen LogP contribution in [0, 0.1) is 5.92 Å². The summed E-state index contributed by atoms with van der Waals surface area (Å²) in [6.07, 6.45) is 3.81. The van der Waals surface area contributed by atoms with E-state index in [-0.39, 0.29) is 25.1 Å². The summed E-state index contributed by atoms with van der Waals surface area (Å²) in [5, 5.41) is 0. The van der Waals surface area contributed by atoms with Gasteiger partial charge >= 0.3 is 17.9 Å². The maximum atomic E-state index is 12.1. The van der Waals surface area contributed by atoms with Gasteiger partial charge < -0.3 is 19.9 Å². The maximum absolute atomic E-state index is 12.1. The molecule has 1 aliphatic rings. The summed E-state index contributed by atoms with van der Waals surface area (Å²) in [5.41, 5.74) is 5.02. The van der Waals surface area contributed by atoms with E-state index in [9.17, 15) is 14.4 Å². The quantitative estimate of drug-likeness (QED) is 0.426. The Hall–Kier alpha value is -1.63. The molecule has 1 fully saturated rings. The second-order valence-electron chi connectivity index (χ2n) is 6.19. The predicted octanol–water partition coefficient (Wildman–Crippen LogP) is 1.32. The third-order valence-corrected chi connectivity index (χ3v) is 3.91. The summed E-state index contributed by atoms with van der Waals surface area (Å²) in [6, 6.07) is -1.03. The lowest BCUT2D eigenvalue weighted by atomic mass is 9.79.